The fraction of sp³-hybridized carbons (Fsp3) is 0.385. The van der Waals surface area contributed by atoms with Crippen LogP contribution in [-0.4, -0.2) is 14.5 Å². The Morgan fingerprint density at radius 2 is 2.00 bits per heavy atom. The molecule has 0 saturated heterocycles. The van der Waals surface area contributed by atoms with E-state index in [1.807, 2.05) is 0 Å². The second-order valence-corrected chi connectivity index (χ2v) is 6.37. The summed E-state index contributed by atoms with van der Waals surface area (Å²) in [6, 6.07) is 8.91. The summed E-state index contributed by atoms with van der Waals surface area (Å²) in [7, 11) is 0. The summed E-state index contributed by atoms with van der Waals surface area (Å²) in [6.07, 6.45) is 3.91. The van der Waals surface area contributed by atoms with Gasteiger partial charge in [0.2, 0.25) is 0 Å². The summed E-state index contributed by atoms with van der Waals surface area (Å²) in [4.78, 5) is 0. The molecular formula is C13H16Se. The number of hydrogen-bond acceptors (Lipinski definition) is 0. The van der Waals surface area contributed by atoms with Crippen molar-refractivity contribution in [3.05, 3.63) is 34.3 Å². The van der Waals surface area contributed by atoms with Gasteiger partial charge in [-0.05, 0) is 0 Å². The van der Waals surface area contributed by atoms with Gasteiger partial charge in [0.1, 0.15) is 0 Å². The van der Waals surface area contributed by atoms with Gasteiger partial charge in [0.25, 0.3) is 0 Å². The molecule has 74 valence electrons. The van der Waals surface area contributed by atoms with Gasteiger partial charge < -0.3 is 0 Å². The second-order valence-electron chi connectivity index (χ2n) is 3.74. The van der Waals surface area contributed by atoms with Crippen LogP contribution in [0.5, 0.6) is 0 Å². The number of unbranched alkanes of at least 4 members (excludes halogenated alkanes) is 1. The van der Waals surface area contributed by atoms with Crippen LogP contribution in [0, 0.1) is 6.92 Å². The Morgan fingerprint density at radius 1 is 1.21 bits per heavy atom. The van der Waals surface area contributed by atoms with E-state index in [4.69, 9.17) is 0 Å². The fourth-order valence-corrected chi connectivity index (χ4v) is 4.22. The first-order valence-electron chi connectivity index (χ1n) is 5.30. The van der Waals surface area contributed by atoms with E-state index in [0.717, 1.165) is 0 Å². The SMILES string of the molecule is CCCCc1c(C)[se]c2ccccc12. The molecule has 0 nitrogen and oxygen atoms in total. The molecule has 0 bridgehead atoms. The van der Waals surface area contributed by atoms with Gasteiger partial charge in [-0.25, -0.2) is 0 Å². The van der Waals surface area contributed by atoms with Crippen LogP contribution in [0.1, 0.15) is 29.8 Å². The van der Waals surface area contributed by atoms with E-state index >= 15 is 0 Å². The molecule has 2 rings (SSSR count). The summed E-state index contributed by atoms with van der Waals surface area (Å²) in [6.45, 7) is 4.58. The molecule has 1 heteroatoms. The minimum absolute atomic E-state index is 0.611. The molecule has 0 N–H and O–H groups in total. The topological polar surface area (TPSA) is 0 Å². The third kappa shape index (κ3) is 1.80. The van der Waals surface area contributed by atoms with Gasteiger partial charge in [-0.15, -0.1) is 0 Å². The van der Waals surface area contributed by atoms with Crippen LogP contribution in [0.15, 0.2) is 24.3 Å². The molecular weight excluding hydrogens is 235 g/mol. The van der Waals surface area contributed by atoms with Gasteiger partial charge in [0.15, 0.2) is 0 Å². The quantitative estimate of drug-likeness (QED) is 0.732. The van der Waals surface area contributed by atoms with Crippen molar-refractivity contribution in [2.45, 2.75) is 33.1 Å². The molecule has 1 heterocycles. The zero-order valence-corrected chi connectivity index (χ0v) is 10.6. The first kappa shape index (κ1) is 10.0. The molecule has 14 heavy (non-hydrogen) atoms. The molecule has 0 saturated carbocycles. The van der Waals surface area contributed by atoms with E-state index in [-0.39, 0.29) is 0 Å². The summed E-state index contributed by atoms with van der Waals surface area (Å²) >= 11 is 0.611. The summed E-state index contributed by atoms with van der Waals surface area (Å²) < 4.78 is 3.23. The van der Waals surface area contributed by atoms with Crippen LogP contribution in [-0.2, 0) is 6.42 Å². The predicted molar refractivity (Wildman–Crippen MR) is 64.2 cm³/mol. The van der Waals surface area contributed by atoms with Crippen LogP contribution in [0.3, 0.4) is 0 Å². The molecule has 1 aromatic carbocycles. The Morgan fingerprint density at radius 3 is 2.79 bits per heavy atom. The first-order valence-corrected chi connectivity index (χ1v) is 7.01. The third-order valence-electron chi connectivity index (χ3n) is 2.68. The van der Waals surface area contributed by atoms with Crippen LogP contribution in [0.2, 0.25) is 0 Å². The molecule has 0 amide bonds. The van der Waals surface area contributed by atoms with Crippen LogP contribution < -0.4 is 0 Å². The van der Waals surface area contributed by atoms with E-state index in [1.54, 1.807) is 19.6 Å². The van der Waals surface area contributed by atoms with Gasteiger partial charge in [0.05, 0.1) is 0 Å². The fourth-order valence-electron chi connectivity index (χ4n) is 1.89. The van der Waals surface area contributed by atoms with E-state index in [2.05, 4.69) is 38.1 Å². The number of rotatable bonds is 3. The van der Waals surface area contributed by atoms with Crippen LogP contribution in [0.4, 0.5) is 0 Å². The average Bonchev–Trinajstić information content (AvgIpc) is 2.51. The number of benzene rings is 1. The van der Waals surface area contributed by atoms with Gasteiger partial charge in [-0.2, -0.15) is 0 Å². The van der Waals surface area contributed by atoms with Gasteiger partial charge in [0, 0.05) is 0 Å². The van der Waals surface area contributed by atoms with Crippen molar-refractivity contribution in [2.24, 2.45) is 0 Å². The van der Waals surface area contributed by atoms with Crippen molar-refractivity contribution in [2.75, 3.05) is 0 Å². The van der Waals surface area contributed by atoms with Gasteiger partial charge in [-0.3, -0.25) is 0 Å². The maximum absolute atomic E-state index is 2.31. The monoisotopic (exact) mass is 252 g/mol. The molecule has 0 unspecified atom stereocenters. The minimum atomic E-state index is 0.611. The van der Waals surface area contributed by atoms with Crippen molar-refractivity contribution >= 4 is 24.1 Å². The van der Waals surface area contributed by atoms with E-state index in [1.165, 1.54) is 19.3 Å². The zero-order valence-electron chi connectivity index (χ0n) is 8.84. The van der Waals surface area contributed by atoms with Crippen molar-refractivity contribution in [1.29, 1.82) is 0 Å². The maximum atomic E-state index is 2.31. The van der Waals surface area contributed by atoms with Gasteiger partial charge >= 0.3 is 91.5 Å². The third-order valence-corrected chi connectivity index (χ3v) is 5.05. The van der Waals surface area contributed by atoms with Crippen molar-refractivity contribution in [3.8, 4) is 0 Å². The average molecular weight is 251 g/mol. The molecule has 0 radical (unpaired) electrons. The second kappa shape index (κ2) is 4.33. The van der Waals surface area contributed by atoms with Crippen molar-refractivity contribution in [1.82, 2.24) is 0 Å². The molecule has 0 aliphatic heterocycles. The first-order chi connectivity index (χ1) is 6.83. The van der Waals surface area contributed by atoms with Gasteiger partial charge in [-0.1, -0.05) is 0 Å². The summed E-state index contributed by atoms with van der Waals surface area (Å²) in [5, 5.41) is 1.54. The molecule has 0 atom stereocenters. The number of fused-ring (bicyclic) bond motifs is 1. The molecule has 1 aromatic heterocycles. The Labute approximate surface area is 91.7 Å². The molecule has 0 aliphatic rings. The van der Waals surface area contributed by atoms with Crippen LogP contribution >= 0.6 is 0 Å². The Balaban J connectivity index is 2.45. The van der Waals surface area contributed by atoms with E-state index in [0.29, 0.717) is 14.5 Å². The van der Waals surface area contributed by atoms with Crippen molar-refractivity contribution < 1.29 is 0 Å². The normalized spacial score (nSPS) is 11.0. The molecule has 2 aromatic rings. The zero-order chi connectivity index (χ0) is 9.97. The van der Waals surface area contributed by atoms with E-state index < -0.39 is 0 Å². The summed E-state index contributed by atoms with van der Waals surface area (Å²) in [5.74, 6) is 0. The summed E-state index contributed by atoms with van der Waals surface area (Å²) in [5.41, 5.74) is 1.64. The Hall–Kier alpha value is -0.521. The van der Waals surface area contributed by atoms with E-state index in [9.17, 15) is 0 Å². The van der Waals surface area contributed by atoms with Crippen LogP contribution in [0.25, 0.3) is 9.65 Å². The standard InChI is InChI=1S/C13H16Se/c1-3-4-7-11-10(2)14-13-9-6-5-8-12(11)13/h5-6,8-9H,3-4,7H2,1-2H3. The number of aryl methyl sites for hydroxylation is 2. The molecule has 0 spiro atoms. The molecule has 0 aliphatic carbocycles. The number of hydrogen-bond donors (Lipinski definition) is 0. The predicted octanol–water partition coefficient (Wildman–Crippen LogP) is 3.55. The van der Waals surface area contributed by atoms with Crippen molar-refractivity contribution in [3.63, 3.8) is 0 Å². The Kier molecular flexibility index (Phi) is 3.10. The Bertz CT molecular complexity index is 426. The molecule has 0 fully saturated rings.